The summed E-state index contributed by atoms with van der Waals surface area (Å²) in [6.07, 6.45) is 2.22. The van der Waals surface area contributed by atoms with Crippen molar-refractivity contribution in [2.75, 3.05) is 13.1 Å². The molecule has 0 bridgehead atoms. The molecule has 0 aromatic carbocycles. The molecule has 3 nitrogen and oxygen atoms in total. The monoisotopic (exact) mass is 391 g/mol. The van der Waals surface area contributed by atoms with Crippen molar-refractivity contribution < 1.29 is 0 Å². The van der Waals surface area contributed by atoms with Crippen LogP contribution in [-0.2, 0) is 19.5 Å². The molecular formula is C14H23Br2N3. The quantitative estimate of drug-likeness (QED) is 0.726. The van der Waals surface area contributed by atoms with Crippen LogP contribution in [0.1, 0.15) is 38.6 Å². The molecule has 108 valence electrons. The fraction of sp³-hybridized carbons (Fsp3) is 0.786. The zero-order valence-electron chi connectivity index (χ0n) is 12.0. The number of aryl methyl sites for hydroxylation is 2. The molecule has 0 aliphatic carbocycles. The maximum Gasteiger partial charge on any atom is 0.0767 e. The van der Waals surface area contributed by atoms with Gasteiger partial charge in [0.2, 0.25) is 0 Å². The summed E-state index contributed by atoms with van der Waals surface area (Å²) >= 11 is 7.51. The number of hydrogen-bond donors (Lipinski definition) is 0. The van der Waals surface area contributed by atoms with E-state index in [9.17, 15) is 0 Å². The fourth-order valence-electron chi connectivity index (χ4n) is 2.73. The van der Waals surface area contributed by atoms with Gasteiger partial charge in [-0.3, -0.25) is 9.58 Å². The number of piperidine rings is 1. The molecule has 2 unspecified atom stereocenters. The van der Waals surface area contributed by atoms with Crippen LogP contribution in [0.25, 0.3) is 0 Å². The Kier molecular flexibility index (Phi) is 5.49. The lowest BCUT2D eigenvalue weighted by Crippen LogP contribution is -2.39. The number of rotatable bonds is 4. The molecule has 0 amide bonds. The highest BCUT2D eigenvalue weighted by molar-refractivity contribution is 9.10. The molecular weight excluding hydrogens is 370 g/mol. The van der Waals surface area contributed by atoms with Gasteiger partial charge in [0, 0.05) is 24.5 Å². The summed E-state index contributed by atoms with van der Waals surface area (Å²) in [5, 5.41) is 4.68. The molecule has 19 heavy (non-hydrogen) atoms. The molecule has 1 fully saturated rings. The smallest absolute Gasteiger partial charge is 0.0767 e. The van der Waals surface area contributed by atoms with Gasteiger partial charge in [0.25, 0.3) is 0 Å². The van der Waals surface area contributed by atoms with E-state index in [4.69, 9.17) is 0 Å². The Morgan fingerprint density at radius 2 is 2.11 bits per heavy atom. The number of nitrogens with zero attached hydrogens (tertiary/aromatic N) is 3. The van der Waals surface area contributed by atoms with E-state index in [0.717, 1.165) is 25.4 Å². The molecule has 2 rings (SSSR count). The molecule has 0 saturated carbocycles. The van der Waals surface area contributed by atoms with Gasteiger partial charge < -0.3 is 0 Å². The maximum atomic E-state index is 4.68. The molecule has 0 spiro atoms. The van der Waals surface area contributed by atoms with Crippen molar-refractivity contribution in [3.63, 3.8) is 0 Å². The normalized spacial score (nSPS) is 24.9. The standard InChI is InChI=1S/C14H23Br2N3/c1-4-12-14(16)13(19(5-2)17-12)9-18-7-6-11(15)10(3)8-18/h10-11H,4-9H2,1-3H3. The van der Waals surface area contributed by atoms with Gasteiger partial charge in [0.15, 0.2) is 0 Å². The number of hydrogen-bond acceptors (Lipinski definition) is 2. The highest BCUT2D eigenvalue weighted by atomic mass is 79.9. The number of alkyl halides is 1. The van der Waals surface area contributed by atoms with Gasteiger partial charge in [-0.1, -0.05) is 29.8 Å². The van der Waals surface area contributed by atoms with Gasteiger partial charge in [0.05, 0.1) is 15.9 Å². The van der Waals surface area contributed by atoms with Crippen LogP contribution in [0.15, 0.2) is 4.47 Å². The van der Waals surface area contributed by atoms with E-state index in [2.05, 4.69) is 67.3 Å². The van der Waals surface area contributed by atoms with E-state index in [0.29, 0.717) is 4.83 Å². The second kappa shape index (κ2) is 6.72. The molecule has 1 saturated heterocycles. The lowest BCUT2D eigenvalue weighted by Gasteiger charge is -2.34. The van der Waals surface area contributed by atoms with E-state index in [1.54, 1.807) is 0 Å². The van der Waals surface area contributed by atoms with E-state index >= 15 is 0 Å². The Morgan fingerprint density at radius 3 is 2.68 bits per heavy atom. The highest BCUT2D eigenvalue weighted by Crippen LogP contribution is 2.28. The van der Waals surface area contributed by atoms with Gasteiger partial charge in [-0.2, -0.15) is 5.10 Å². The molecule has 5 heteroatoms. The first-order chi connectivity index (χ1) is 9.06. The lowest BCUT2D eigenvalue weighted by molar-refractivity contribution is 0.179. The maximum absolute atomic E-state index is 4.68. The zero-order chi connectivity index (χ0) is 14.0. The van der Waals surface area contributed by atoms with Gasteiger partial charge in [-0.25, -0.2) is 0 Å². The minimum Gasteiger partial charge on any atom is -0.297 e. The second-order valence-electron chi connectivity index (χ2n) is 5.39. The van der Waals surface area contributed by atoms with Crippen molar-refractivity contribution in [1.82, 2.24) is 14.7 Å². The molecule has 2 atom stereocenters. The summed E-state index contributed by atoms with van der Waals surface area (Å²) in [5.74, 6) is 0.719. The van der Waals surface area contributed by atoms with Gasteiger partial charge in [-0.05, 0) is 48.2 Å². The van der Waals surface area contributed by atoms with Crippen LogP contribution in [0.4, 0.5) is 0 Å². The minimum absolute atomic E-state index is 0.675. The Morgan fingerprint density at radius 1 is 1.37 bits per heavy atom. The Labute approximate surface area is 133 Å². The first-order valence-corrected chi connectivity index (χ1v) is 8.88. The molecule has 0 radical (unpaired) electrons. The van der Waals surface area contributed by atoms with Crippen molar-refractivity contribution in [1.29, 1.82) is 0 Å². The Bertz CT molecular complexity index is 431. The summed E-state index contributed by atoms with van der Waals surface area (Å²) < 4.78 is 3.36. The molecule has 1 aliphatic heterocycles. The third-order valence-corrected chi connectivity index (χ3v) is 6.23. The van der Waals surface area contributed by atoms with Gasteiger partial charge in [-0.15, -0.1) is 0 Å². The van der Waals surface area contributed by atoms with Crippen molar-refractivity contribution >= 4 is 31.9 Å². The predicted octanol–water partition coefficient (Wildman–Crippen LogP) is 3.83. The summed E-state index contributed by atoms with van der Waals surface area (Å²) in [4.78, 5) is 3.23. The van der Waals surface area contributed by atoms with E-state index in [1.807, 2.05) is 0 Å². The molecule has 1 aliphatic rings. The number of aromatic nitrogens is 2. The van der Waals surface area contributed by atoms with Crippen molar-refractivity contribution in [2.24, 2.45) is 5.92 Å². The van der Waals surface area contributed by atoms with Crippen LogP contribution >= 0.6 is 31.9 Å². The first kappa shape index (κ1) is 15.5. The zero-order valence-corrected chi connectivity index (χ0v) is 15.2. The van der Waals surface area contributed by atoms with Crippen LogP contribution in [0.2, 0.25) is 0 Å². The summed E-state index contributed by atoms with van der Waals surface area (Å²) in [5.41, 5.74) is 2.51. The largest absolute Gasteiger partial charge is 0.297 e. The fourth-order valence-corrected chi connectivity index (χ4v) is 3.79. The summed E-state index contributed by atoms with van der Waals surface area (Å²) in [7, 11) is 0. The van der Waals surface area contributed by atoms with Crippen LogP contribution < -0.4 is 0 Å². The van der Waals surface area contributed by atoms with Crippen LogP contribution in [0, 0.1) is 5.92 Å². The molecule has 0 N–H and O–H groups in total. The molecule has 2 heterocycles. The Balaban J connectivity index is 2.12. The Hall–Kier alpha value is 0.130. The van der Waals surface area contributed by atoms with Gasteiger partial charge in [0.1, 0.15) is 0 Å². The third-order valence-electron chi connectivity index (χ3n) is 3.95. The van der Waals surface area contributed by atoms with E-state index < -0.39 is 0 Å². The van der Waals surface area contributed by atoms with E-state index in [-0.39, 0.29) is 0 Å². The third kappa shape index (κ3) is 3.42. The predicted molar refractivity (Wildman–Crippen MR) is 86.8 cm³/mol. The van der Waals surface area contributed by atoms with Crippen molar-refractivity contribution in [3.8, 4) is 0 Å². The summed E-state index contributed by atoms with van der Waals surface area (Å²) in [6.45, 7) is 10.9. The first-order valence-electron chi connectivity index (χ1n) is 7.17. The SMILES string of the molecule is CCc1nn(CC)c(CN2CCC(Br)C(C)C2)c1Br. The van der Waals surface area contributed by atoms with Crippen LogP contribution in [-0.4, -0.2) is 32.6 Å². The molecule has 1 aromatic heterocycles. The van der Waals surface area contributed by atoms with Crippen molar-refractivity contribution in [2.45, 2.75) is 51.5 Å². The average Bonchev–Trinajstić information content (AvgIpc) is 2.70. The van der Waals surface area contributed by atoms with Gasteiger partial charge >= 0.3 is 0 Å². The van der Waals surface area contributed by atoms with Crippen LogP contribution in [0.3, 0.4) is 0 Å². The topological polar surface area (TPSA) is 21.1 Å². The highest BCUT2D eigenvalue weighted by Gasteiger charge is 2.25. The van der Waals surface area contributed by atoms with E-state index in [1.165, 1.54) is 35.4 Å². The minimum atomic E-state index is 0.675. The lowest BCUT2D eigenvalue weighted by atomic mass is 10.00. The summed E-state index contributed by atoms with van der Waals surface area (Å²) in [6, 6.07) is 0. The number of halogens is 2. The average molecular weight is 393 g/mol. The van der Waals surface area contributed by atoms with Crippen molar-refractivity contribution in [3.05, 3.63) is 15.9 Å². The molecule has 1 aromatic rings. The van der Waals surface area contributed by atoms with Crippen LogP contribution in [0.5, 0.6) is 0 Å². The second-order valence-corrected chi connectivity index (χ2v) is 7.36. The number of likely N-dealkylation sites (tertiary alicyclic amines) is 1.